The Morgan fingerprint density at radius 3 is 2.47 bits per heavy atom. The minimum atomic E-state index is -0.206. The highest BCUT2D eigenvalue weighted by Crippen LogP contribution is 2.33. The summed E-state index contributed by atoms with van der Waals surface area (Å²) in [5, 5.41) is 2.75. The number of rotatable bonds is 7. The van der Waals surface area contributed by atoms with E-state index < -0.39 is 0 Å². The Kier molecular flexibility index (Phi) is 6.89. The van der Waals surface area contributed by atoms with Crippen LogP contribution in [0.4, 0.5) is 5.82 Å². The molecule has 0 saturated heterocycles. The molecule has 0 fully saturated rings. The van der Waals surface area contributed by atoms with Crippen molar-refractivity contribution >= 4 is 17.6 Å². The molecule has 3 rings (SSSR count). The monoisotopic (exact) mass is 412 g/mol. The maximum Gasteiger partial charge on any atom is 0.239 e. The van der Waals surface area contributed by atoms with Crippen LogP contribution in [-0.4, -0.2) is 67.5 Å². The van der Waals surface area contributed by atoms with Gasteiger partial charge in [-0.25, -0.2) is 4.98 Å². The van der Waals surface area contributed by atoms with Crippen LogP contribution in [0.25, 0.3) is 0 Å². The molecule has 30 heavy (non-hydrogen) atoms. The van der Waals surface area contributed by atoms with Gasteiger partial charge < -0.3 is 19.7 Å². The molecule has 2 heterocycles. The Balaban J connectivity index is 1.54. The SMILES string of the molecule is COc1cc2c(cc1OC)CN(C(=O)CN(C)CC(=O)Nc1ccc(C)cn1)CC2. The van der Waals surface area contributed by atoms with Crippen LogP contribution in [-0.2, 0) is 22.6 Å². The van der Waals surface area contributed by atoms with E-state index in [1.165, 1.54) is 0 Å². The summed E-state index contributed by atoms with van der Waals surface area (Å²) in [6.45, 7) is 3.36. The first kappa shape index (κ1) is 21.6. The summed E-state index contributed by atoms with van der Waals surface area (Å²) >= 11 is 0. The number of aromatic nitrogens is 1. The Morgan fingerprint density at radius 2 is 1.83 bits per heavy atom. The van der Waals surface area contributed by atoms with Crippen LogP contribution in [0.3, 0.4) is 0 Å². The van der Waals surface area contributed by atoms with E-state index in [-0.39, 0.29) is 24.9 Å². The molecule has 2 aromatic rings. The summed E-state index contributed by atoms with van der Waals surface area (Å²) in [4.78, 5) is 32.7. The van der Waals surface area contributed by atoms with Crippen molar-refractivity contribution < 1.29 is 19.1 Å². The Morgan fingerprint density at radius 1 is 1.13 bits per heavy atom. The number of fused-ring (bicyclic) bond motifs is 1. The summed E-state index contributed by atoms with van der Waals surface area (Å²) in [5.41, 5.74) is 3.24. The lowest BCUT2D eigenvalue weighted by atomic mass is 9.98. The summed E-state index contributed by atoms with van der Waals surface area (Å²) in [7, 11) is 4.97. The number of aryl methyl sites for hydroxylation is 1. The number of nitrogens with one attached hydrogen (secondary N) is 1. The molecule has 1 aromatic carbocycles. The van der Waals surface area contributed by atoms with Gasteiger partial charge in [0.05, 0.1) is 27.3 Å². The van der Waals surface area contributed by atoms with E-state index in [1.54, 1.807) is 38.4 Å². The number of carbonyl (C=O) groups excluding carboxylic acids is 2. The number of hydrogen-bond acceptors (Lipinski definition) is 6. The molecule has 0 saturated carbocycles. The maximum absolute atomic E-state index is 12.8. The van der Waals surface area contributed by atoms with Gasteiger partial charge in [-0.2, -0.15) is 0 Å². The van der Waals surface area contributed by atoms with Gasteiger partial charge in [-0.3, -0.25) is 14.5 Å². The zero-order valence-corrected chi connectivity index (χ0v) is 17.9. The van der Waals surface area contributed by atoms with E-state index in [1.807, 2.05) is 30.0 Å². The van der Waals surface area contributed by atoms with Gasteiger partial charge in [-0.05, 0) is 55.3 Å². The standard InChI is InChI=1S/C22H28N4O4/c1-15-5-6-20(23-11-15)24-21(27)13-25(2)14-22(28)26-8-7-16-9-18(29-3)19(30-4)10-17(16)12-26/h5-6,9-11H,7-8,12-14H2,1-4H3,(H,23,24,27). The molecular formula is C22H28N4O4. The molecule has 160 valence electrons. The average Bonchev–Trinajstić information content (AvgIpc) is 2.73. The van der Waals surface area contributed by atoms with Crippen LogP contribution in [0.15, 0.2) is 30.5 Å². The third kappa shape index (κ3) is 5.27. The highest BCUT2D eigenvalue weighted by atomic mass is 16.5. The molecule has 0 spiro atoms. The molecule has 1 aliphatic heterocycles. The minimum absolute atomic E-state index is 0.0146. The number of pyridine rings is 1. The zero-order chi connectivity index (χ0) is 21.7. The van der Waals surface area contributed by atoms with Gasteiger partial charge in [0.15, 0.2) is 11.5 Å². The van der Waals surface area contributed by atoms with Crippen LogP contribution >= 0.6 is 0 Å². The van der Waals surface area contributed by atoms with Crippen LogP contribution in [0.1, 0.15) is 16.7 Å². The third-order valence-electron chi connectivity index (χ3n) is 5.07. The molecular weight excluding hydrogens is 384 g/mol. The van der Waals surface area contributed by atoms with E-state index in [2.05, 4.69) is 10.3 Å². The number of hydrogen-bond donors (Lipinski definition) is 1. The number of amides is 2. The molecule has 1 aromatic heterocycles. The number of benzene rings is 1. The van der Waals surface area contributed by atoms with Crippen LogP contribution in [0.5, 0.6) is 11.5 Å². The van der Waals surface area contributed by atoms with Crippen LogP contribution < -0.4 is 14.8 Å². The Hall–Kier alpha value is -3.13. The molecule has 8 heteroatoms. The van der Waals surface area contributed by atoms with Crippen molar-refractivity contribution in [2.24, 2.45) is 0 Å². The first-order valence-corrected chi connectivity index (χ1v) is 9.82. The second kappa shape index (κ2) is 9.58. The fourth-order valence-corrected chi connectivity index (χ4v) is 3.45. The first-order chi connectivity index (χ1) is 14.4. The van der Waals surface area contributed by atoms with Crippen molar-refractivity contribution in [3.05, 3.63) is 47.2 Å². The second-order valence-electron chi connectivity index (χ2n) is 7.48. The molecule has 1 aliphatic rings. The van der Waals surface area contributed by atoms with Gasteiger partial charge in [-0.1, -0.05) is 6.07 Å². The number of carbonyl (C=O) groups is 2. The van der Waals surface area contributed by atoms with Crippen LogP contribution in [0.2, 0.25) is 0 Å². The minimum Gasteiger partial charge on any atom is -0.493 e. The molecule has 0 atom stereocenters. The van der Waals surface area contributed by atoms with Gasteiger partial charge in [0.25, 0.3) is 0 Å². The number of anilines is 1. The molecule has 0 radical (unpaired) electrons. The molecule has 0 bridgehead atoms. The zero-order valence-electron chi connectivity index (χ0n) is 17.9. The van der Waals surface area contributed by atoms with E-state index in [0.29, 0.717) is 30.4 Å². The number of ether oxygens (including phenoxy) is 2. The maximum atomic E-state index is 12.8. The van der Waals surface area contributed by atoms with Gasteiger partial charge in [0, 0.05) is 19.3 Å². The second-order valence-corrected chi connectivity index (χ2v) is 7.48. The van der Waals surface area contributed by atoms with Crippen molar-refractivity contribution in [1.82, 2.24) is 14.8 Å². The number of methoxy groups -OCH3 is 2. The smallest absolute Gasteiger partial charge is 0.239 e. The number of nitrogens with zero attached hydrogens (tertiary/aromatic N) is 3. The van der Waals surface area contributed by atoms with E-state index in [9.17, 15) is 9.59 Å². The molecule has 1 N–H and O–H groups in total. The summed E-state index contributed by atoms with van der Waals surface area (Å²) in [6.07, 6.45) is 2.45. The average molecular weight is 412 g/mol. The fourth-order valence-electron chi connectivity index (χ4n) is 3.45. The summed E-state index contributed by atoms with van der Waals surface area (Å²) < 4.78 is 10.7. The Bertz CT molecular complexity index is 914. The van der Waals surface area contributed by atoms with Gasteiger partial charge in [0.1, 0.15) is 5.82 Å². The van der Waals surface area contributed by atoms with Crippen molar-refractivity contribution in [3.63, 3.8) is 0 Å². The van der Waals surface area contributed by atoms with Crippen molar-refractivity contribution in [2.75, 3.05) is 46.2 Å². The lowest BCUT2D eigenvalue weighted by molar-refractivity contribution is -0.133. The Labute approximate surface area is 176 Å². The summed E-state index contributed by atoms with van der Waals surface area (Å²) in [6, 6.07) is 7.55. The van der Waals surface area contributed by atoms with Gasteiger partial charge in [0.2, 0.25) is 11.8 Å². The highest BCUT2D eigenvalue weighted by Gasteiger charge is 2.24. The van der Waals surface area contributed by atoms with E-state index >= 15 is 0 Å². The molecule has 2 amide bonds. The first-order valence-electron chi connectivity index (χ1n) is 9.82. The van der Waals surface area contributed by atoms with Crippen molar-refractivity contribution in [2.45, 2.75) is 19.9 Å². The summed E-state index contributed by atoms with van der Waals surface area (Å²) in [5.74, 6) is 1.64. The molecule has 0 aliphatic carbocycles. The quantitative estimate of drug-likeness (QED) is 0.747. The van der Waals surface area contributed by atoms with Gasteiger partial charge >= 0.3 is 0 Å². The molecule has 0 unspecified atom stereocenters. The van der Waals surface area contributed by atoms with E-state index in [4.69, 9.17) is 9.47 Å². The van der Waals surface area contributed by atoms with Crippen molar-refractivity contribution in [3.8, 4) is 11.5 Å². The fraction of sp³-hybridized carbons (Fsp3) is 0.409. The van der Waals surface area contributed by atoms with Gasteiger partial charge in [-0.15, -0.1) is 0 Å². The topological polar surface area (TPSA) is 84.0 Å². The lowest BCUT2D eigenvalue weighted by Gasteiger charge is -2.31. The largest absolute Gasteiger partial charge is 0.493 e. The predicted octanol–water partition coefficient (Wildman–Crippen LogP) is 1.86. The normalized spacial score (nSPS) is 13.0. The number of likely N-dealkylation sites (N-methyl/N-ethyl adjacent to an activating group) is 1. The lowest BCUT2D eigenvalue weighted by Crippen LogP contribution is -2.43. The van der Waals surface area contributed by atoms with Crippen LogP contribution in [0, 0.1) is 6.92 Å². The predicted molar refractivity (Wildman–Crippen MR) is 114 cm³/mol. The van der Waals surface area contributed by atoms with Crippen molar-refractivity contribution in [1.29, 1.82) is 0 Å². The third-order valence-corrected chi connectivity index (χ3v) is 5.07. The van der Waals surface area contributed by atoms with E-state index in [0.717, 1.165) is 23.1 Å². The molecule has 8 nitrogen and oxygen atoms in total. The highest BCUT2D eigenvalue weighted by molar-refractivity contribution is 5.91.